The molecule has 2 nitrogen and oxygen atoms in total. The van der Waals surface area contributed by atoms with E-state index in [2.05, 4.69) is 78.9 Å². The van der Waals surface area contributed by atoms with Crippen molar-refractivity contribution in [1.82, 2.24) is 4.90 Å². The van der Waals surface area contributed by atoms with Crippen molar-refractivity contribution in [2.24, 2.45) is 0 Å². The normalized spacial score (nSPS) is 27.5. The number of ketones is 1. The fourth-order valence-electron chi connectivity index (χ4n) is 3.60. The summed E-state index contributed by atoms with van der Waals surface area (Å²) in [6, 6.07) is 4.64. The molecule has 6 heteroatoms. The predicted octanol–water partition coefficient (Wildman–Crippen LogP) is 5.85. The van der Waals surface area contributed by atoms with Crippen molar-refractivity contribution in [1.29, 1.82) is 0 Å². The minimum atomic E-state index is 0.217. The van der Waals surface area contributed by atoms with Crippen molar-refractivity contribution in [3.05, 3.63) is 52.7 Å². The Kier molecular flexibility index (Phi) is 4.69. The van der Waals surface area contributed by atoms with Crippen LogP contribution in [0.4, 0.5) is 0 Å². The van der Waals surface area contributed by atoms with E-state index in [-0.39, 0.29) is 17.9 Å². The van der Waals surface area contributed by atoms with Crippen molar-refractivity contribution in [3.8, 4) is 0 Å². The van der Waals surface area contributed by atoms with Gasteiger partial charge in [0, 0.05) is 52.7 Å². The maximum absolute atomic E-state index is 13.2. The summed E-state index contributed by atoms with van der Waals surface area (Å²) in [6.07, 6.45) is 6.27. The van der Waals surface area contributed by atoms with Crippen molar-refractivity contribution >= 4 is 72.5 Å². The minimum absolute atomic E-state index is 0.217. The SMILES string of the molecule is CN1[C@H]2CC[C@H]1/C(=C\c1cc(Br)cs1)C(=O)/C2=C/c1cc(Br)cs1. The number of nitrogens with zero attached hydrogens (tertiary/aromatic N) is 1. The van der Waals surface area contributed by atoms with Gasteiger partial charge in [-0.1, -0.05) is 0 Å². The average molecular weight is 485 g/mol. The molecule has 4 heterocycles. The van der Waals surface area contributed by atoms with Crippen LogP contribution in [0.2, 0.25) is 0 Å². The molecule has 0 saturated carbocycles. The molecule has 2 aliphatic heterocycles. The van der Waals surface area contributed by atoms with Crippen LogP contribution < -0.4 is 0 Å². The summed E-state index contributed by atoms with van der Waals surface area (Å²) in [5.74, 6) is 0.217. The number of Topliss-reactive ketones (excluding diaryl/α,β-unsaturated/α-hetero) is 1. The number of rotatable bonds is 2. The monoisotopic (exact) mass is 483 g/mol. The smallest absolute Gasteiger partial charge is 0.188 e. The van der Waals surface area contributed by atoms with Crippen LogP contribution in [0, 0.1) is 0 Å². The van der Waals surface area contributed by atoms with Crippen LogP contribution in [-0.2, 0) is 4.79 Å². The molecule has 2 aromatic rings. The molecule has 0 aliphatic carbocycles. The van der Waals surface area contributed by atoms with Crippen LogP contribution in [0.5, 0.6) is 0 Å². The lowest BCUT2D eigenvalue weighted by Crippen LogP contribution is -2.43. The molecule has 24 heavy (non-hydrogen) atoms. The number of thiophene rings is 2. The zero-order chi connectivity index (χ0) is 16.8. The summed E-state index contributed by atoms with van der Waals surface area (Å²) in [5.41, 5.74) is 1.87. The van der Waals surface area contributed by atoms with Crippen LogP contribution in [-0.4, -0.2) is 29.8 Å². The molecule has 0 amide bonds. The molecule has 2 saturated heterocycles. The van der Waals surface area contributed by atoms with Gasteiger partial charge in [0.2, 0.25) is 0 Å². The molecule has 0 N–H and O–H groups in total. The zero-order valence-electron chi connectivity index (χ0n) is 13.0. The van der Waals surface area contributed by atoms with Gasteiger partial charge in [0.05, 0.1) is 0 Å². The van der Waals surface area contributed by atoms with Gasteiger partial charge in [0.25, 0.3) is 0 Å². The van der Waals surface area contributed by atoms with Gasteiger partial charge in [-0.05, 0) is 76.0 Å². The van der Waals surface area contributed by atoms with Crippen LogP contribution in [0.3, 0.4) is 0 Å². The number of piperidine rings is 1. The minimum Gasteiger partial charge on any atom is -0.292 e. The Morgan fingerprint density at radius 3 is 1.83 bits per heavy atom. The lowest BCUT2D eigenvalue weighted by Gasteiger charge is -2.34. The Bertz CT molecular complexity index is 796. The third-order valence-corrected chi connectivity index (χ3v) is 7.99. The highest BCUT2D eigenvalue weighted by Gasteiger charge is 2.44. The molecule has 0 radical (unpaired) electrons. The fraction of sp³-hybridized carbons (Fsp3) is 0.278. The van der Waals surface area contributed by atoms with E-state index < -0.39 is 0 Å². The highest BCUT2D eigenvalue weighted by Crippen LogP contribution is 2.41. The van der Waals surface area contributed by atoms with E-state index in [1.165, 1.54) is 0 Å². The van der Waals surface area contributed by atoms with E-state index >= 15 is 0 Å². The average Bonchev–Trinajstić information content (AvgIpc) is 3.21. The van der Waals surface area contributed by atoms with E-state index in [0.717, 1.165) is 42.7 Å². The first-order valence-electron chi connectivity index (χ1n) is 7.71. The van der Waals surface area contributed by atoms with E-state index in [1.54, 1.807) is 22.7 Å². The summed E-state index contributed by atoms with van der Waals surface area (Å²) >= 11 is 10.3. The van der Waals surface area contributed by atoms with Crippen LogP contribution >= 0.6 is 54.5 Å². The van der Waals surface area contributed by atoms with Crippen molar-refractivity contribution in [3.63, 3.8) is 0 Å². The molecule has 2 atom stereocenters. The third kappa shape index (κ3) is 3.03. The van der Waals surface area contributed by atoms with Gasteiger partial charge in [-0.3, -0.25) is 9.69 Å². The maximum Gasteiger partial charge on any atom is 0.188 e. The number of carbonyl (C=O) groups excluding carboxylic acids is 1. The first-order valence-corrected chi connectivity index (χ1v) is 11.1. The summed E-state index contributed by atoms with van der Waals surface area (Å²) in [6.45, 7) is 0. The number of carbonyl (C=O) groups is 1. The highest BCUT2D eigenvalue weighted by atomic mass is 79.9. The molecule has 2 aromatic heterocycles. The van der Waals surface area contributed by atoms with Gasteiger partial charge in [0.1, 0.15) is 0 Å². The largest absolute Gasteiger partial charge is 0.292 e. The van der Waals surface area contributed by atoms with Gasteiger partial charge in [-0.25, -0.2) is 0 Å². The Labute approximate surface area is 166 Å². The highest BCUT2D eigenvalue weighted by molar-refractivity contribution is 9.10. The van der Waals surface area contributed by atoms with Gasteiger partial charge in [-0.15, -0.1) is 22.7 Å². The quantitative estimate of drug-likeness (QED) is 0.498. The second-order valence-corrected chi connectivity index (χ2v) is 9.85. The Hall–Kier alpha value is -0.530. The summed E-state index contributed by atoms with van der Waals surface area (Å²) < 4.78 is 2.14. The number of likely N-dealkylation sites (N-methyl/N-ethyl adjacent to an activating group) is 1. The fourth-order valence-corrected chi connectivity index (χ4v) is 6.37. The Morgan fingerprint density at radius 2 is 1.46 bits per heavy atom. The summed E-state index contributed by atoms with van der Waals surface area (Å²) in [7, 11) is 2.14. The molecule has 0 unspecified atom stereocenters. The molecular formula is C18H15Br2NOS2. The number of halogens is 2. The van der Waals surface area contributed by atoms with Crippen LogP contribution in [0.25, 0.3) is 12.2 Å². The summed E-state index contributed by atoms with van der Waals surface area (Å²) in [5, 5.41) is 4.11. The zero-order valence-corrected chi connectivity index (χ0v) is 17.8. The lowest BCUT2D eigenvalue weighted by atomic mass is 9.90. The van der Waals surface area contributed by atoms with E-state index in [4.69, 9.17) is 0 Å². The Balaban J connectivity index is 1.77. The van der Waals surface area contributed by atoms with Crippen molar-refractivity contribution in [2.75, 3.05) is 7.05 Å². The molecule has 0 aromatic carbocycles. The van der Waals surface area contributed by atoms with E-state index in [9.17, 15) is 4.79 Å². The molecular weight excluding hydrogens is 470 g/mol. The standard InChI is InChI=1S/C18H15Br2NOS2/c1-21-16-2-3-17(21)15(7-13-5-11(20)9-24-13)18(22)14(16)6-12-4-10(19)8-23-12/h4-9,16-17H,2-3H2,1H3/b14-6+,15-7+/t16-,17-/m0/s1. The molecule has 4 rings (SSSR count). The van der Waals surface area contributed by atoms with Crippen molar-refractivity contribution in [2.45, 2.75) is 24.9 Å². The molecule has 2 bridgehead atoms. The van der Waals surface area contributed by atoms with Gasteiger partial charge in [-0.2, -0.15) is 0 Å². The lowest BCUT2D eigenvalue weighted by molar-refractivity contribution is -0.114. The van der Waals surface area contributed by atoms with Crippen LogP contribution in [0.15, 0.2) is 43.0 Å². The maximum atomic E-state index is 13.2. The second kappa shape index (κ2) is 6.65. The topological polar surface area (TPSA) is 20.3 Å². The van der Waals surface area contributed by atoms with Crippen LogP contribution in [0.1, 0.15) is 22.6 Å². The molecule has 0 spiro atoms. The summed E-state index contributed by atoms with van der Waals surface area (Å²) in [4.78, 5) is 17.8. The van der Waals surface area contributed by atoms with E-state index in [1.807, 2.05) is 0 Å². The first kappa shape index (κ1) is 16.9. The number of hydrogen-bond donors (Lipinski definition) is 0. The van der Waals surface area contributed by atoms with Gasteiger partial charge < -0.3 is 0 Å². The number of fused-ring (bicyclic) bond motifs is 2. The van der Waals surface area contributed by atoms with E-state index in [0.29, 0.717) is 0 Å². The van der Waals surface area contributed by atoms with Crippen molar-refractivity contribution < 1.29 is 4.79 Å². The second-order valence-electron chi connectivity index (χ2n) is 6.14. The van der Waals surface area contributed by atoms with Gasteiger partial charge in [0.15, 0.2) is 5.78 Å². The molecule has 124 valence electrons. The first-order chi connectivity index (χ1) is 11.5. The number of hydrogen-bond acceptors (Lipinski definition) is 4. The molecule has 2 fully saturated rings. The van der Waals surface area contributed by atoms with Gasteiger partial charge >= 0.3 is 0 Å². The third-order valence-electron chi connectivity index (χ3n) is 4.71. The Morgan fingerprint density at radius 1 is 1.00 bits per heavy atom. The predicted molar refractivity (Wildman–Crippen MR) is 110 cm³/mol. The molecule has 2 aliphatic rings.